The largest absolute Gasteiger partial charge is 0.495 e. The van der Waals surface area contributed by atoms with Crippen LogP contribution in [0.25, 0.3) is 0 Å². The van der Waals surface area contributed by atoms with Crippen LogP contribution in [0.4, 0.5) is 11.4 Å². The summed E-state index contributed by atoms with van der Waals surface area (Å²) in [5.74, 6) is 0.755. The molecule has 2 aromatic carbocycles. The van der Waals surface area contributed by atoms with E-state index < -0.39 is 0 Å². The molecule has 0 radical (unpaired) electrons. The van der Waals surface area contributed by atoms with Crippen LogP contribution in [0.5, 0.6) is 5.75 Å². The molecule has 37 heavy (non-hydrogen) atoms. The van der Waals surface area contributed by atoms with Crippen molar-refractivity contribution < 1.29 is 9.47 Å². The van der Waals surface area contributed by atoms with E-state index in [9.17, 15) is 4.79 Å². The highest BCUT2D eigenvalue weighted by atomic mass is 32.2. The summed E-state index contributed by atoms with van der Waals surface area (Å²) in [6.07, 6.45) is 3.38. The Morgan fingerprint density at radius 1 is 1.11 bits per heavy atom. The number of H-pyrrole nitrogens is 1. The lowest BCUT2D eigenvalue weighted by atomic mass is 10.1. The molecule has 7 nitrogen and oxygen atoms in total. The number of aromatic nitrogens is 2. The highest BCUT2D eigenvalue weighted by molar-refractivity contribution is 8.05. The lowest BCUT2D eigenvalue weighted by Gasteiger charge is -2.36. The first kappa shape index (κ1) is 24.0. The average molecular weight is 531 g/mol. The second-order valence-electron chi connectivity index (χ2n) is 8.80. The number of fused-ring (bicyclic) bond motifs is 2. The van der Waals surface area contributed by atoms with Crippen LogP contribution in [0.15, 0.2) is 97.4 Å². The molecule has 0 bridgehead atoms. The van der Waals surface area contributed by atoms with E-state index in [1.165, 1.54) is 25.1 Å². The van der Waals surface area contributed by atoms with Gasteiger partial charge in [0.25, 0.3) is 0 Å². The Morgan fingerprint density at radius 2 is 2.05 bits per heavy atom. The van der Waals surface area contributed by atoms with E-state index in [0.717, 1.165) is 29.4 Å². The molecular weight excluding hydrogens is 504 g/mol. The van der Waals surface area contributed by atoms with Gasteiger partial charge in [0.05, 0.1) is 32.2 Å². The summed E-state index contributed by atoms with van der Waals surface area (Å²) in [4.78, 5) is 26.1. The van der Waals surface area contributed by atoms with Gasteiger partial charge in [-0.1, -0.05) is 35.7 Å². The molecule has 4 heterocycles. The summed E-state index contributed by atoms with van der Waals surface area (Å²) in [6.45, 7) is 2.74. The molecule has 2 aromatic heterocycles. The Hall–Kier alpha value is -3.40. The number of benzene rings is 2. The van der Waals surface area contributed by atoms with Crippen molar-refractivity contribution in [3.05, 3.63) is 94.7 Å². The van der Waals surface area contributed by atoms with E-state index in [1.54, 1.807) is 49.1 Å². The molecular formula is C28H26N4O3S2. The van der Waals surface area contributed by atoms with Crippen molar-refractivity contribution in [1.82, 2.24) is 9.97 Å². The van der Waals surface area contributed by atoms with Crippen LogP contribution in [0.3, 0.4) is 0 Å². The zero-order valence-corrected chi connectivity index (χ0v) is 21.9. The number of hydrogen-bond donors (Lipinski definition) is 2. The minimum absolute atomic E-state index is 0.0597. The predicted molar refractivity (Wildman–Crippen MR) is 147 cm³/mol. The number of anilines is 2. The van der Waals surface area contributed by atoms with E-state index in [-0.39, 0.29) is 11.7 Å². The fourth-order valence-electron chi connectivity index (χ4n) is 4.52. The number of hydrogen-bond acceptors (Lipinski definition) is 8. The maximum Gasteiger partial charge on any atom is 0.249 e. The number of nitrogens with one attached hydrogen (secondary N) is 2. The SMILES string of the molecule is COc1ccc(CNc2ccc3c(c2)Sc2cccc(C4CN(c5cc[nH]c(=O)c5)CCO4)c2S3)nc1. The summed E-state index contributed by atoms with van der Waals surface area (Å²) in [7, 11) is 1.64. The molecule has 1 unspecified atom stereocenters. The quantitative estimate of drug-likeness (QED) is 0.294. The number of morpholine rings is 1. The van der Waals surface area contributed by atoms with Crippen molar-refractivity contribution in [2.75, 3.05) is 37.0 Å². The summed E-state index contributed by atoms with van der Waals surface area (Å²) < 4.78 is 11.4. The third-order valence-corrected chi connectivity index (χ3v) is 9.04. The fourth-order valence-corrected chi connectivity index (χ4v) is 6.97. The van der Waals surface area contributed by atoms with Gasteiger partial charge < -0.3 is 24.7 Å². The van der Waals surface area contributed by atoms with Gasteiger partial charge in [-0.2, -0.15) is 0 Å². The molecule has 1 fully saturated rings. The highest BCUT2D eigenvalue weighted by Crippen LogP contribution is 2.51. The molecule has 2 aliphatic rings. The van der Waals surface area contributed by atoms with Gasteiger partial charge in [-0.3, -0.25) is 9.78 Å². The topological polar surface area (TPSA) is 79.5 Å². The first-order chi connectivity index (χ1) is 18.2. The Labute approximate surface area is 223 Å². The Morgan fingerprint density at radius 3 is 2.89 bits per heavy atom. The Bertz CT molecular complexity index is 1480. The predicted octanol–water partition coefficient (Wildman–Crippen LogP) is 5.58. The molecule has 0 aliphatic carbocycles. The van der Waals surface area contributed by atoms with E-state index in [0.29, 0.717) is 19.7 Å². The van der Waals surface area contributed by atoms with Crippen LogP contribution >= 0.6 is 23.5 Å². The van der Waals surface area contributed by atoms with Crippen molar-refractivity contribution in [2.24, 2.45) is 0 Å². The lowest BCUT2D eigenvalue weighted by Crippen LogP contribution is -2.39. The molecule has 1 atom stereocenters. The summed E-state index contributed by atoms with van der Waals surface area (Å²) >= 11 is 3.59. The monoisotopic (exact) mass is 530 g/mol. The van der Waals surface area contributed by atoms with E-state index in [1.807, 2.05) is 18.2 Å². The minimum atomic E-state index is -0.0877. The summed E-state index contributed by atoms with van der Waals surface area (Å²) in [5.41, 5.74) is 4.06. The first-order valence-electron chi connectivity index (χ1n) is 12.1. The van der Waals surface area contributed by atoms with Crippen molar-refractivity contribution >= 4 is 34.9 Å². The normalized spacial score (nSPS) is 16.6. The van der Waals surface area contributed by atoms with Gasteiger partial charge in [0.15, 0.2) is 0 Å². The Balaban J connectivity index is 1.18. The number of ether oxygens (including phenoxy) is 2. The second kappa shape index (κ2) is 10.5. The summed E-state index contributed by atoms with van der Waals surface area (Å²) in [5, 5.41) is 3.48. The molecule has 9 heteroatoms. The molecule has 1 saturated heterocycles. The number of nitrogens with zero attached hydrogens (tertiary/aromatic N) is 2. The third-order valence-electron chi connectivity index (χ3n) is 6.43. The van der Waals surface area contributed by atoms with E-state index in [4.69, 9.17) is 9.47 Å². The standard InChI is InChI=1S/C28H26N4O3S2/c1-34-21-7-5-19(31-16-21)15-30-18-6-8-24-26(13-18)36-25-4-2-3-22(28(25)37-24)23-17-32(11-12-35-23)20-9-10-29-27(33)14-20/h2-10,13-14,16,23,30H,11-12,15,17H2,1H3,(H,29,33). The minimum Gasteiger partial charge on any atom is -0.495 e. The van der Waals surface area contributed by atoms with Crippen molar-refractivity contribution in [3.63, 3.8) is 0 Å². The molecule has 188 valence electrons. The molecule has 2 N–H and O–H groups in total. The van der Waals surface area contributed by atoms with Gasteiger partial charge in [0.2, 0.25) is 5.56 Å². The van der Waals surface area contributed by atoms with Gasteiger partial charge in [-0.15, -0.1) is 0 Å². The molecule has 6 rings (SSSR count). The van der Waals surface area contributed by atoms with E-state index in [2.05, 4.69) is 56.6 Å². The van der Waals surface area contributed by atoms with E-state index >= 15 is 0 Å². The Kier molecular flexibility index (Phi) is 6.82. The van der Waals surface area contributed by atoms with Gasteiger partial charge in [0, 0.05) is 56.3 Å². The van der Waals surface area contributed by atoms with Crippen LogP contribution in [0, 0.1) is 0 Å². The third kappa shape index (κ3) is 5.20. The number of methoxy groups -OCH3 is 1. The molecule has 0 amide bonds. The molecule has 0 spiro atoms. The van der Waals surface area contributed by atoms with Gasteiger partial charge in [-0.05, 0) is 48.0 Å². The number of pyridine rings is 2. The molecule has 4 aromatic rings. The van der Waals surface area contributed by atoms with Gasteiger partial charge >= 0.3 is 0 Å². The maximum atomic E-state index is 11.8. The lowest BCUT2D eigenvalue weighted by molar-refractivity contribution is 0.0379. The van der Waals surface area contributed by atoms with Gasteiger partial charge in [0.1, 0.15) is 11.9 Å². The fraction of sp³-hybridized carbons (Fsp3) is 0.214. The first-order valence-corrected chi connectivity index (χ1v) is 13.7. The summed E-state index contributed by atoms with van der Waals surface area (Å²) in [6, 6.07) is 20.5. The second-order valence-corrected chi connectivity index (χ2v) is 10.9. The number of aromatic amines is 1. The zero-order chi connectivity index (χ0) is 25.2. The molecule has 0 saturated carbocycles. The van der Waals surface area contributed by atoms with Crippen LogP contribution in [-0.2, 0) is 11.3 Å². The van der Waals surface area contributed by atoms with Crippen molar-refractivity contribution in [1.29, 1.82) is 0 Å². The van der Waals surface area contributed by atoms with Crippen LogP contribution < -0.4 is 20.5 Å². The zero-order valence-electron chi connectivity index (χ0n) is 20.3. The maximum absolute atomic E-state index is 11.8. The van der Waals surface area contributed by atoms with Crippen molar-refractivity contribution in [3.8, 4) is 5.75 Å². The van der Waals surface area contributed by atoms with Crippen LogP contribution in [-0.4, -0.2) is 36.8 Å². The number of rotatable bonds is 6. The molecule has 2 aliphatic heterocycles. The van der Waals surface area contributed by atoms with Crippen LogP contribution in [0.1, 0.15) is 17.4 Å². The van der Waals surface area contributed by atoms with Crippen molar-refractivity contribution in [2.45, 2.75) is 32.2 Å². The van der Waals surface area contributed by atoms with Gasteiger partial charge in [-0.25, -0.2) is 0 Å². The highest BCUT2D eigenvalue weighted by Gasteiger charge is 2.28. The smallest absolute Gasteiger partial charge is 0.249 e. The average Bonchev–Trinajstić information content (AvgIpc) is 2.95. The van der Waals surface area contributed by atoms with Crippen LogP contribution in [0.2, 0.25) is 0 Å².